The molecule has 0 saturated heterocycles. The highest BCUT2D eigenvalue weighted by Crippen LogP contribution is 2.17. The number of furan rings is 1. The molecule has 0 fully saturated rings. The van der Waals surface area contributed by atoms with Crippen molar-refractivity contribution in [3.05, 3.63) is 54.0 Å². The Morgan fingerprint density at radius 1 is 1.16 bits per heavy atom. The zero-order valence-electron chi connectivity index (χ0n) is 10.6. The summed E-state index contributed by atoms with van der Waals surface area (Å²) in [5.41, 5.74) is 7.20. The molecule has 0 amide bonds. The first-order valence-electron chi connectivity index (χ1n) is 5.80. The SMILES string of the molecule is CN(Cc1ccoc1)S(=O)(=O)c1ccc(CN)cc1. The van der Waals surface area contributed by atoms with E-state index < -0.39 is 10.0 Å². The Kier molecular flexibility index (Phi) is 4.04. The van der Waals surface area contributed by atoms with Crippen LogP contribution in [0, 0.1) is 0 Å². The Balaban J connectivity index is 2.20. The molecule has 1 aromatic heterocycles. The van der Waals surface area contributed by atoms with Crippen molar-refractivity contribution in [1.29, 1.82) is 0 Å². The first-order valence-corrected chi connectivity index (χ1v) is 7.24. The lowest BCUT2D eigenvalue weighted by Gasteiger charge is -2.16. The van der Waals surface area contributed by atoms with Crippen molar-refractivity contribution in [3.8, 4) is 0 Å². The lowest BCUT2D eigenvalue weighted by Crippen LogP contribution is -2.26. The summed E-state index contributed by atoms with van der Waals surface area (Å²) in [6, 6.07) is 8.33. The molecule has 6 heteroatoms. The standard InChI is InChI=1S/C13H16N2O3S/c1-15(9-12-6-7-18-10-12)19(16,17)13-4-2-11(8-14)3-5-13/h2-7,10H,8-9,14H2,1H3. The van der Waals surface area contributed by atoms with Crippen molar-refractivity contribution in [2.24, 2.45) is 5.73 Å². The highest BCUT2D eigenvalue weighted by Gasteiger charge is 2.20. The van der Waals surface area contributed by atoms with Crippen LogP contribution in [0.25, 0.3) is 0 Å². The van der Waals surface area contributed by atoms with Gasteiger partial charge in [0.25, 0.3) is 0 Å². The lowest BCUT2D eigenvalue weighted by atomic mass is 10.2. The van der Waals surface area contributed by atoms with Crippen LogP contribution in [-0.4, -0.2) is 19.8 Å². The maximum absolute atomic E-state index is 12.3. The molecule has 0 aliphatic heterocycles. The molecule has 0 aliphatic carbocycles. The average molecular weight is 280 g/mol. The second-order valence-electron chi connectivity index (χ2n) is 4.24. The Hall–Kier alpha value is -1.63. The number of sulfonamides is 1. The van der Waals surface area contributed by atoms with E-state index in [2.05, 4.69) is 0 Å². The second-order valence-corrected chi connectivity index (χ2v) is 6.29. The first kappa shape index (κ1) is 13.8. The zero-order chi connectivity index (χ0) is 13.9. The molecule has 2 rings (SSSR count). The molecule has 19 heavy (non-hydrogen) atoms. The molecule has 0 atom stereocenters. The van der Waals surface area contributed by atoms with Gasteiger partial charge in [-0.1, -0.05) is 12.1 Å². The smallest absolute Gasteiger partial charge is 0.243 e. The molecule has 5 nitrogen and oxygen atoms in total. The number of nitrogens with zero attached hydrogens (tertiary/aromatic N) is 1. The van der Waals surface area contributed by atoms with Crippen LogP contribution >= 0.6 is 0 Å². The topological polar surface area (TPSA) is 76.5 Å². The van der Waals surface area contributed by atoms with Crippen LogP contribution in [0.1, 0.15) is 11.1 Å². The first-order chi connectivity index (χ1) is 9.04. The van der Waals surface area contributed by atoms with Gasteiger partial charge in [-0.15, -0.1) is 0 Å². The van der Waals surface area contributed by atoms with Gasteiger partial charge in [-0.3, -0.25) is 0 Å². The van der Waals surface area contributed by atoms with Crippen LogP contribution < -0.4 is 5.73 Å². The van der Waals surface area contributed by atoms with Crippen molar-refractivity contribution >= 4 is 10.0 Å². The minimum absolute atomic E-state index is 0.260. The van der Waals surface area contributed by atoms with E-state index in [1.807, 2.05) is 0 Å². The van der Waals surface area contributed by atoms with E-state index in [1.165, 1.54) is 16.8 Å². The largest absolute Gasteiger partial charge is 0.472 e. The van der Waals surface area contributed by atoms with Crippen molar-refractivity contribution in [2.75, 3.05) is 7.05 Å². The number of hydrogen-bond acceptors (Lipinski definition) is 4. The van der Waals surface area contributed by atoms with Crippen LogP contribution in [0.2, 0.25) is 0 Å². The molecule has 2 N–H and O–H groups in total. The Bertz CT molecular complexity index is 618. The fourth-order valence-corrected chi connectivity index (χ4v) is 2.86. The molecule has 102 valence electrons. The van der Waals surface area contributed by atoms with Crippen molar-refractivity contribution in [1.82, 2.24) is 4.31 Å². The summed E-state index contributed by atoms with van der Waals surface area (Å²) in [5, 5.41) is 0. The third kappa shape index (κ3) is 3.04. The van der Waals surface area contributed by atoms with E-state index in [9.17, 15) is 8.42 Å². The molecule has 1 heterocycles. The Labute approximate surface area is 112 Å². The number of rotatable bonds is 5. The summed E-state index contributed by atoms with van der Waals surface area (Å²) in [6.45, 7) is 0.669. The van der Waals surface area contributed by atoms with Crippen molar-refractivity contribution in [2.45, 2.75) is 18.0 Å². The monoisotopic (exact) mass is 280 g/mol. The summed E-state index contributed by atoms with van der Waals surface area (Å²) >= 11 is 0. The number of hydrogen-bond donors (Lipinski definition) is 1. The molecule has 0 unspecified atom stereocenters. The van der Waals surface area contributed by atoms with Gasteiger partial charge in [-0.2, -0.15) is 4.31 Å². The van der Waals surface area contributed by atoms with Crippen LogP contribution in [0.4, 0.5) is 0 Å². The highest BCUT2D eigenvalue weighted by atomic mass is 32.2. The molecule has 0 aliphatic rings. The van der Waals surface area contributed by atoms with Gasteiger partial charge in [-0.05, 0) is 23.8 Å². The maximum atomic E-state index is 12.3. The van der Waals surface area contributed by atoms with Gasteiger partial charge in [0.05, 0.1) is 17.4 Å². The van der Waals surface area contributed by atoms with Crippen molar-refractivity contribution < 1.29 is 12.8 Å². The summed E-state index contributed by atoms with van der Waals surface area (Å²) in [6.07, 6.45) is 3.05. The zero-order valence-corrected chi connectivity index (χ0v) is 11.4. The molecule has 0 saturated carbocycles. The van der Waals surface area contributed by atoms with E-state index in [0.29, 0.717) is 6.54 Å². The normalized spacial score (nSPS) is 11.9. The van der Waals surface area contributed by atoms with Gasteiger partial charge in [-0.25, -0.2) is 8.42 Å². The minimum Gasteiger partial charge on any atom is -0.472 e. The number of benzene rings is 1. The lowest BCUT2D eigenvalue weighted by molar-refractivity contribution is 0.463. The molecular formula is C13H16N2O3S. The fourth-order valence-electron chi connectivity index (χ4n) is 1.70. The molecular weight excluding hydrogens is 264 g/mol. The molecule has 0 spiro atoms. The average Bonchev–Trinajstić information content (AvgIpc) is 2.91. The molecule has 0 radical (unpaired) electrons. The van der Waals surface area contributed by atoms with Crippen LogP contribution in [-0.2, 0) is 23.1 Å². The van der Waals surface area contributed by atoms with Gasteiger partial charge < -0.3 is 10.2 Å². The third-order valence-electron chi connectivity index (χ3n) is 2.85. The van der Waals surface area contributed by atoms with Gasteiger partial charge in [0.2, 0.25) is 10.0 Å². The quantitative estimate of drug-likeness (QED) is 0.901. The van der Waals surface area contributed by atoms with Gasteiger partial charge in [0, 0.05) is 25.7 Å². The van der Waals surface area contributed by atoms with Gasteiger partial charge in [0.1, 0.15) is 0 Å². The van der Waals surface area contributed by atoms with E-state index in [0.717, 1.165) is 11.1 Å². The Morgan fingerprint density at radius 3 is 2.37 bits per heavy atom. The van der Waals surface area contributed by atoms with Crippen LogP contribution in [0.3, 0.4) is 0 Å². The molecule has 1 aromatic carbocycles. The van der Waals surface area contributed by atoms with Gasteiger partial charge >= 0.3 is 0 Å². The molecule has 2 aromatic rings. The maximum Gasteiger partial charge on any atom is 0.243 e. The van der Waals surface area contributed by atoms with Crippen LogP contribution in [0.5, 0.6) is 0 Å². The summed E-state index contributed by atoms with van der Waals surface area (Å²) in [7, 11) is -1.95. The Morgan fingerprint density at radius 2 is 1.84 bits per heavy atom. The fraction of sp³-hybridized carbons (Fsp3) is 0.231. The summed E-state index contributed by atoms with van der Waals surface area (Å²) < 4.78 is 30.9. The summed E-state index contributed by atoms with van der Waals surface area (Å²) in [5.74, 6) is 0. The highest BCUT2D eigenvalue weighted by molar-refractivity contribution is 7.89. The van der Waals surface area contributed by atoms with E-state index in [1.54, 1.807) is 37.4 Å². The van der Waals surface area contributed by atoms with Gasteiger partial charge in [0.15, 0.2) is 0 Å². The summed E-state index contributed by atoms with van der Waals surface area (Å²) in [4.78, 5) is 0.260. The predicted octanol–water partition coefficient (Wildman–Crippen LogP) is 1.56. The van der Waals surface area contributed by atoms with Crippen molar-refractivity contribution in [3.63, 3.8) is 0 Å². The second kappa shape index (κ2) is 5.56. The molecule has 0 bridgehead atoms. The van der Waals surface area contributed by atoms with E-state index in [4.69, 9.17) is 10.2 Å². The van der Waals surface area contributed by atoms with Crippen LogP contribution in [0.15, 0.2) is 52.2 Å². The van der Waals surface area contributed by atoms with E-state index >= 15 is 0 Å². The predicted molar refractivity (Wildman–Crippen MR) is 71.7 cm³/mol. The number of nitrogens with two attached hydrogens (primary N) is 1. The van der Waals surface area contributed by atoms with E-state index in [-0.39, 0.29) is 11.4 Å². The minimum atomic E-state index is -3.49. The third-order valence-corrected chi connectivity index (χ3v) is 4.67.